The van der Waals surface area contributed by atoms with Gasteiger partial charge in [-0.25, -0.2) is 4.79 Å². The quantitative estimate of drug-likeness (QED) is 0.878. The van der Waals surface area contributed by atoms with Gasteiger partial charge in [-0.2, -0.15) is 13.2 Å². The standard InChI is InChI=1S/C10H7BrF3NO3/c1-4-2-6(11)5(8(16)17)3-7(4)15-9(18)10(12,13)14/h2-3H,1H3,(H,15,18)(H,16,17). The molecule has 98 valence electrons. The summed E-state index contributed by atoms with van der Waals surface area (Å²) in [5.74, 6) is -3.46. The van der Waals surface area contributed by atoms with Crippen LogP contribution in [0.5, 0.6) is 0 Å². The van der Waals surface area contributed by atoms with Gasteiger partial charge in [0.25, 0.3) is 0 Å². The number of carbonyl (C=O) groups is 2. The average molecular weight is 326 g/mol. The van der Waals surface area contributed by atoms with Gasteiger partial charge in [-0.1, -0.05) is 0 Å². The minimum atomic E-state index is -5.02. The minimum absolute atomic E-state index is 0.196. The SMILES string of the molecule is Cc1cc(Br)c(C(=O)O)cc1NC(=O)C(F)(F)F. The number of carboxylic acids is 1. The number of halogens is 4. The molecular formula is C10H7BrF3NO3. The van der Waals surface area contributed by atoms with E-state index in [1.54, 1.807) is 5.32 Å². The summed E-state index contributed by atoms with van der Waals surface area (Å²) < 4.78 is 36.4. The second-order valence-electron chi connectivity index (χ2n) is 3.40. The zero-order valence-corrected chi connectivity index (χ0v) is 10.5. The summed E-state index contributed by atoms with van der Waals surface area (Å²) >= 11 is 2.97. The van der Waals surface area contributed by atoms with Crippen LogP contribution in [0, 0.1) is 6.92 Å². The number of carbonyl (C=O) groups excluding carboxylic acids is 1. The zero-order valence-electron chi connectivity index (χ0n) is 8.93. The molecule has 0 spiro atoms. The van der Waals surface area contributed by atoms with Crippen LogP contribution >= 0.6 is 15.9 Å². The molecule has 0 saturated heterocycles. The predicted molar refractivity (Wildman–Crippen MR) is 60.5 cm³/mol. The molecule has 0 unspecified atom stereocenters. The molecule has 1 aromatic carbocycles. The van der Waals surface area contributed by atoms with Crippen molar-refractivity contribution < 1.29 is 27.9 Å². The Morgan fingerprint density at radius 1 is 1.33 bits per heavy atom. The lowest BCUT2D eigenvalue weighted by atomic mass is 10.1. The first-order valence-corrected chi connectivity index (χ1v) is 5.34. The second kappa shape index (κ2) is 4.97. The Morgan fingerprint density at radius 2 is 1.89 bits per heavy atom. The number of anilines is 1. The van der Waals surface area contributed by atoms with E-state index >= 15 is 0 Å². The van der Waals surface area contributed by atoms with Gasteiger partial charge in [0.1, 0.15) is 0 Å². The van der Waals surface area contributed by atoms with E-state index in [1.807, 2.05) is 0 Å². The molecule has 2 N–H and O–H groups in total. The lowest BCUT2D eigenvalue weighted by Gasteiger charge is -2.12. The number of nitrogens with one attached hydrogen (secondary N) is 1. The lowest BCUT2D eigenvalue weighted by Crippen LogP contribution is -2.30. The van der Waals surface area contributed by atoms with Crippen LogP contribution in [0.1, 0.15) is 15.9 Å². The van der Waals surface area contributed by atoms with E-state index in [0.29, 0.717) is 5.56 Å². The highest BCUT2D eigenvalue weighted by Gasteiger charge is 2.39. The fourth-order valence-electron chi connectivity index (χ4n) is 1.16. The molecule has 18 heavy (non-hydrogen) atoms. The lowest BCUT2D eigenvalue weighted by molar-refractivity contribution is -0.167. The summed E-state index contributed by atoms with van der Waals surface area (Å²) in [6, 6.07) is 2.28. The number of benzene rings is 1. The van der Waals surface area contributed by atoms with Crippen molar-refractivity contribution >= 4 is 33.5 Å². The minimum Gasteiger partial charge on any atom is -0.478 e. The fourth-order valence-corrected chi connectivity index (χ4v) is 1.79. The van der Waals surface area contributed by atoms with Gasteiger partial charge in [0.2, 0.25) is 0 Å². The van der Waals surface area contributed by atoms with Gasteiger partial charge in [0, 0.05) is 10.2 Å². The van der Waals surface area contributed by atoms with Crippen molar-refractivity contribution in [2.75, 3.05) is 5.32 Å². The number of carboxylic acid groups (broad SMARTS) is 1. The number of aromatic carboxylic acids is 1. The van der Waals surface area contributed by atoms with E-state index in [0.717, 1.165) is 6.07 Å². The van der Waals surface area contributed by atoms with Crippen LogP contribution in [0.15, 0.2) is 16.6 Å². The number of aryl methyl sites for hydroxylation is 1. The molecule has 0 fully saturated rings. The van der Waals surface area contributed by atoms with Crippen LogP contribution < -0.4 is 5.32 Å². The Kier molecular flexibility index (Phi) is 4.00. The molecule has 0 aliphatic heterocycles. The topological polar surface area (TPSA) is 66.4 Å². The maximum absolute atomic E-state index is 12.1. The highest BCUT2D eigenvalue weighted by Crippen LogP contribution is 2.27. The first-order valence-electron chi connectivity index (χ1n) is 4.54. The molecule has 8 heteroatoms. The summed E-state index contributed by atoms with van der Waals surface area (Å²) in [7, 11) is 0. The molecule has 0 atom stereocenters. The molecule has 1 amide bonds. The monoisotopic (exact) mass is 325 g/mol. The van der Waals surface area contributed by atoms with Crippen LogP contribution in [0.2, 0.25) is 0 Å². The fraction of sp³-hybridized carbons (Fsp3) is 0.200. The Labute approximate surface area is 108 Å². The van der Waals surface area contributed by atoms with Gasteiger partial charge < -0.3 is 10.4 Å². The maximum atomic E-state index is 12.1. The Bertz CT molecular complexity index is 514. The van der Waals surface area contributed by atoms with E-state index in [2.05, 4.69) is 15.9 Å². The van der Waals surface area contributed by atoms with Crippen LogP contribution in [-0.4, -0.2) is 23.2 Å². The van der Waals surface area contributed by atoms with Crippen LogP contribution in [0.3, 0.4) is 0 Å². The third-order valence-electron chi connectivity index (χ3n) is 2.05. The van der Waals surface area contributed by atoms with Gasteiger partial charge in [0.05, 0.1) is 5.56 Å². The van der Waals surface area contributed by atoms with Crippen molar-refractivity contribution in [1.29, 1.82) is 0 Å². The molecule has 0 aliphatic carbocycles. The van der Waals surface area contributed by atoms with E-state index in [9.17, 15) is 22.8 Å². The van der Waals surface area contributed by atoms with E-state index < -0.39 is 18.1 Å². The van der Waals surface area contributed by atoms with Crippen LogP contribution in [-0.2, 0) is 4.79 Å². The average Bonchev–Trinajstić information content (AvgIpc) is 2.19. The van der Waals surface area contributed by atoms with Crippen molar-refractivity contribution in [3.05, 3.63) is 27.7 Å². The van der Waals surface area contributed by atoms with Crippen molar-refractivity contribution in [3.63, 3.8) is 0 Å². The third-order valence-corrected chi connectivity index (χ3v) is 2.71. The molecule has 0 heterocycles. The van der Waals surface area contributed by atoms with E-state index in [4.69, 9.17) is 5.11 Å². The molecule has 0 radical (unpaired) electrons. The Morgan fingerprint density at radius 3 is 2.33 bits per heavy atom. The van der Waals surface area contributed by atoms with Crippen molar-refractivity contribution in [2.45, 2.75) is 13.1 Å². The number of rotatable bonds is 2. The maximum Gasteiger partial charge on any atom is 0.471 e. The molecule has 0 aromatic heterocycles. The largest absolute Gasteiger partial charge is 0.478 e. The first kappa shape index (κ1) is 14.5. The summed E-state index contributed by atoms with van der Waals surface area (Å²) in [6.45, 7) is 1.45. The van der Waals surface area contributed by atoms with Gasteiger partial charge in [-0.05, 0) is 40.5 Å². The molecule has 1 rings (SSSR count). The highest BCUT2D eigenvalue weighted by molar-refractivity contribution is 9.10. The Hall–Kier alpha value is -1.57. The first-order chi connectivity index (χ1) is 8.12. The summed E-state index contributed by atoms with van der Waals surface area (Å²) in [4.78, 5) is 21.6. The molecule has 0 bridgehead atoms. The number of amides is 1. The molecule has 1 aromatic rings. The van der Waals surface area contributed by atoms with Crippen LogP contribution in [0.4, 0.5) is 18.9 Å². The molecule has 0 aliphatic rings. The normalized spacial score (nSPS) is 11.2. The van der Waals surface area contributed by atoms with Crippen molar-refractivity contribution in [1.82, 2.24) is 0 Å². The van der Waals surface area contributed by atoms with Crippen LogP contribution in [0.25, 0.3) is 0 Å². The number of hydrogen-bond donors (Lipinski definition) is 2. The summed E-state index contributed by atoms with van der Waals surface area (Å²) in [5, 5.41) is 10.4. The molecule has 4 nitrogen and oxygen atoms in total. The van der Waals surface area contributed by atoms with E-state index in [1.165, 1.54) is 13.0 Å². The highest BCUT2D eigenvalue weighted by atomic mass is 79.9. The van der Waals surface area contributed by atoms with Gasteiger partial charge >= 0.3 is 18.1 Å². The smallest absolute Gasteiger partial charge is 0.471 e. The summed E-state index contributed by atoms with van der Waals surface area (Å²) in [5.41, 5.74) is -0.125. The van der Waals surface area contributed by atoms with Crippen molar-refractivity contribution in [3.8, 4) is 0 Å². The second-order valence-corrected chi connectivity index (χ2v) is 4.26. The van der Waals surface area contributed by atoms with Gasteiger partial charge in [-0.3, -0.25) is 4.79 Å². The molecular weight excluding hydrogens is 319 g/mol. The predicted octanol–water partition coefficient (Wildman–Crippen LogP) is 2.96. The zero-order chi connectivity index (χ0) is 14.1. The number of alkyl halides is 3. The number of hydrogen-bond acceptors (Lipinski definition) is 2. The Balaban J connectivity index is 3.14. The van der Waals surface area contributed by atoms with Gasteiger partial charge in [-0.15, -0.1) is 0 Å². The molecule has 0 saturated carbocycles. The van der Waals surface area contributed by atoms with Crippen molar-refractivity contribution in [2.24, 2.45) is 0 Å². The third kappa shape index (κ3) is 3.22. The van der Waals surface area contributed by atoms with Gasteiger partial charge in [0.15, 0.2) is 0 Å². The van der Waals surface area contributed by atoms with E-state index in [-0.39, 0.29) is 15.7 Å². The summed E-state index contributed by atoms with van der Waals surface area (Å²) in [6.07, 6.45) is -5.02.